The summed E-state index contributed by atoms with van der Waals surface area (Å²) in [5, 5.41) is 12.4. The molecule has 0 saturated carbocycles. The Morgan fingerprint density at radius 2 is 2.13 bits per heavy atom. The minimum absolute atomic E-state index is 0. The Morgan fingerprint density at radius 1 is 1.39 bits per heavy atom. The number of benzene rings is 1. The second-order valence-electron chi connectivity index (χ2n) is 5.54. The topological polar surface area (TPSA) is 89.9 Å². The van der Waals surface area contributed by atoms with Crippen molar-refractivity contribution in [1.29, 1.82) is 0 Å². The van der Waals surface area contributed by atoms with E-state index >= 15 is 0 Å². The standard InChI is InChI=1S/C15H20N6O.ClH/c1-11(15(22)20-9-5-8-13(20)10-16)21-18-14(17-19-21)12-6-3-2-4-7-12;/h2-4,6-7,11,13H,5,8-10,16H2,1H3;1H. The number of hydrogen-bond donors (Lipinski definition) is 1. The zero-order valence-electron chi connectivity index (χ0n) is 13.0. The van der Waals surface area contributed by atoms with Crippen LogP contribution in [0.15, 0.2) is 30.3 Å². The summed E-state index contributed by atoms with van der Waals surface area (Å²) in [6.45, 7) is 3.05. The van der Waals surface area contributed by atoms with E-state index < -0.39 is 6.04 Å². The van der Waals surface area contributed by atoms with Gasteiger partial charge in [0.25, 0.3) is 0 Å². The van der Waals surface area contributed by atoms with Gasteiger partial charge < -0.3 is 10.6 Å². The molecule has 1 aliphatic heterocycles. The molecule has 8 heteroatoms. The number of hydrogen-bond acceptors (Lipinski definition) is 5. The highest BCUT2D eigenvalue weighted by Gasteiger charge is 2.32. The number of amides is 1. The third-order valence-corrected chi connectivity index (χ3v) is 4.10. The van der Waals surface area contributed by atoms with Crippen molar-refractivity contribution in [3.63, 3.8) is 0 Å². The quantitative estimate of drug-likeness (QED) is 0.908. The molecule has 0 radical (unpaired) electrons. The Morgan fingerprint density at radius 3 is 2.83 bits per heavy atom. The maximum atomic E-state index is 12.6. The van der Waals surface area contributed by atoms with Crippen molar-refractivity contribution in [3.8, 4) is 11.4 Å². The van der Waals surface area contributed by atoms with Crippen LogP contribution in [-0.2, 0) is 4.79 Å². The van der Waals surface area contributed by atoms with Crippen LogP contribution in [0.5, 0.6) is 0 Å². The summed E-state index contributed by atoms with van der Waals surface area (Å²) >= 11 is 0. The van der Waals surface area contributed by atoms with Gasteiger partial charge in [-0.25, -0.2) is 0 Å². The molecule has 1 saturated heterocycles. The van der Waals surface area contributed by atoms with Crippen LogP contribution in [0.3, 0.4) is 0 Å². The average molecular weight is 337 g/mol. The summed E-state index contributed by atoms with van der Waals surface area (Å²) in [5.74, 6) is 0.530. The fourth-order valence-corrected chi connectivity index (χ4v) is 2.80. The number of carbonyl (C=O) groups is 1. The molecule has 2 N–H and O–H groups in total. The van der Waals surface area contributed by atoms with Crippen molar-refractivity contribution >= 4 is 18.3 Å². The summed E-state index contributed by atoms with van der Waals surface area (Å²) < 4.78 is 0. The van der Waals surface area contributed by atoms with Gasteiger partial charge in [0.05, 0.1) is 0 Å². The lowest BCUT2D eigenvalue weighted by atomic mass is 10.2. The molecule has 2 aromatic rings. The van der Waals surface area contributed by atoms with Gasteiger partial charge >= 0.3 is 0 Å². The van der Waals surface area contributed by atoms with E-state index in [0.717, 1.165) is 24.9 Å². The molecule has 2 unspecified atom stereocenters. The molecular formula is C15H21ClN6O. The highest BCUT2D eigenvalue weighted by molar-refractivity contribution is 5.85. The van der Waals surface area contributed by atoms with E-state index in [-0.39, 0.29) is 24.4 Å². The van der Waals surface area contributed by atoms with E-state index in [0.29, 0.717) is 12.4 Å². The molecule has 0 aliphatic carbocycles. The average Bonchev–Trinajstić information content (AvgIpc) is 3.23. The zero-order chi connectivity index (χ0) is 15.5. The number of tetrazole rings is 1. The van der Waals surface area contributed by atoms with E-state index in [2.05, 4.69) is 15.4 Å². The Bertz CT molecular complexity index is 646. The lowest BCUT2D eigenvalue weighted by Gasteiger charge is -2.25. The second-order valence-corrected chi connectivity index (χ2v) is 5.54. The van der Waals surface area contributed by atoms with E-state index in [1.54, 1.807) is 6.92 Å². The van der Waals surface area contributed by atoms with Gasteiger partial charge in [0.1, 0.15) is 6.04 Å². The van der Waals surface area contributed by atoms with Crippen molar-refractivity contribution in [2.24, 2.45) is 5.73 Å². The Kier molecular flexibility index (Phi) is 5.68. The number of rotatable bonds is 4. The first-order chi connectivity index (χ1) is 10.7. The highest BCUT2D eigenvalue weighted by atomic mass is 35.5. The van der Waals surface area contributed by atoms with Gasteiger partial charge in [-0.3, -0.25) is 4.79 Å². The summed E-state index contributed by atoms with van der Waals surface area (Å²) in [7, 11) is 0. The molecule has 23 heavy (non-hydrogen) atoms. The predicted molar refractivity (Wildman–Crippen MR) is 89.0 cm³/mol. The van der Waals surface area contributed by atoms with E-state index in [9.17, 15) is 4.79 Å². The zero-order valence-corrected chi connectivity index (χ0v) is 13.8. The van der Waals surface area contributed by atoms with Gasteiger partial charge in [-0.05, 0) is 25.0 Å². The minimum Gasteiger partial charge on any atom is -0.337 e. The van der Waals surface area contributed by atoms with Gasteiger partial charge in [-0.2, -0.15) is 4.80 Å². The van der Waals surface area contributed by atoms with Crippen molar-refractivity contribution in [2.75, 3.05) is 13.1 Å². The highest BCUT2D eigenvalue weighted by Crippen LogP contribution is 2.21. The third kappa shape index (κ3) is 3.51. The monoisotopic (exact) mass is 336 g/mol. The van der Waals surface area contributed by atoms with E-state index in [1.807, 2.05) is 35.2 Å². The molecule has 3 rings (SSSR count). The van der Waals surface area contributed by atoms with Crippen molar-refractivity contribution in [2.45, 2.75) is 31.8 Å². The first kappa shape index (κ1) is 17.4. The van der Waals surface area contributed by atoms with Gasteiger partial charge in [-0.15, -0.1) is 22.6 Å². The normalized spacial score (nSPS) is 18.5. The molecule has 2 atom stereocenters. The maximum Gasteiger partial charge on any atom is 0.249 e. The van der Waals surface area contributed by atoms with Crippen LogP contribution in [0, 0.1) is 0 Å². The van der Waals surface area contributed by atoms with Crippen LogP contribution in [-0.4, -0.2) is 50.1 Å². The summed E-state index contributed by atoms with van der Waals surface area (Å²) in [5.41, 5.74) is 6.62. The van der Waals surface area contributed by atoms with Gasteiger partial charge in [0.2, 0.25) is 11.7 Å². The molecule has 1 amide bonds. The van der Waals surface area contributed by atoms with Crippen LogP contribution in [0.1, 0.15) is 25.8 Å². The summed E-state index contributed by atoms with van der Waals surface area (Å²) in [4.78, 5) is 15.8. The number of aromatic nitrogens is 4. The van der Waals surface area contributed by atoms with Crippen molar-refractivity contribution in [1.82, 2.24) is 25.1 Å². The molecule has 2 heterocycles. The molecule has 1 aromatic heterocycles. The first-order valence-corrected chi connectivity index (χ1v) is 7.56. The summed E-state index contributed by atoms with van der Waals surface area (Å²) in [6.07, 6.45) is 1.97. The fraction of sp³-hybridized carbons (Fsp3) is 0.467. The smallest absolute Gasteiger partial charge is 0.249 e. The van der Waals surface area contributed by atoms with Gasteiger partial charge in [-0.1, -0.05) is 30.3 Å². The van der Waals surface area contributed by atoms with Crippen LogP contribution in [0.2, 0.25) is 0 Å². The lowest BCUT2D eigenvalue weighted by molar-refractivity contribution is -0.135. The Balaban J connectivity index is 0.00000192. The lowest BCUT2D eigenvalue weighted by Crippen LogP contribution is -2.43. The number of likely N-dealkylation sites (tertiary alicyclic amines) is 1. The van der Waals surface area contributed by atoms with Gasteiger partial charge in [0.15, 0.2) is 0 Å². The second kappa shape index (κ2) is 7.52. The maximum absolute atomic E-state index is 12.6. The molecule has 1 aromatic carbocycles. The molecule has 0 bridgehead atoms. The van der Waals surface area contributed by atoms with Crippen LogP contribution < -0.4 is 5.73 Å². The Labute approximate surface area is 141 Å². The third-order valence-electron chi connectivity index (χ3n) is 4.10. The number of nitrogens with zero attached hydrogens (tertiary/aromatic N) is 5. The molecule has 1 aliphatic rings. The molecule has 1 fully saturated rings. The molecule has 124 valence electrons. The van der Waals surface area contributed by atoms with Gasteiger partial charge in [0, 0.05) is 24.7 Å². The Hall–Kier alpha value is -1.99. The molecule has 7 nitrogen and oxygen atoms in total. The number of nitrogens with two attached hydrogens (primary N) is 1. The van der Waals surface area contributed by atoms with Crippen LogP contribution >= 0.6 is 12.4 Å². The minimum atomic E-state index is -0.475. The van der Waals surface area contributed by atoms with Crippen LogP contribution in [0.25, 0.3) is 11.4 Å². The molecular weight excluding hydrogens is 316 g/mol. The van der Waals surface area contributed by atoms with Crippen LogP contribution in [0.4, 0.5) is 0 Å². The number of carbonyl (C=O) groups excluding carboxylic acids is 1. The first-order valence-electron chi connectivity index (χ1n) is 7.56. The number of halogens is 1. The van der Waals surface area contributed by atoms with Crippen molar-refractivity contribution < 1.29 is 4.79 Å². The largest absolute Gasteiger partial charge is 0.337 e. The summed E-state index contributed by atoms with van der Waals surface area (Å²) in [6, 6.07) is 9.25. The van der Waals surface area contributed by atoms with E-state index in [1.165, 1.54) is 4.80 Å². The predicted octanol–water partition coefficient (Wildman–Crippen LogP) is 1.27. The molecule has 0 spiro atoms. The van der Waals surface area contributed by atoms with E-state index in [4.69, 9.17) is 5.73 Å². The fourth-order valence-electron chi connectivity index (χ4n) is 2.80. The SMILES string of the molecule is CC(C(=O)N1CCCC1CN)n1nnc(-c2ccccc2)n1.Cl. The van der Waals surface area contributed by atoms with Crippen molar-refractivity contribution in [3.05, 3.63) is 30.3 Å².